The summed E-state index contributed by atoms with van der Waals surface area (Å²) in [5.74, 6) is 3.39. The van der Waals surface area contributed by atoms with Crippen molar-refractivity contribution in [3.63, 3.8) is 0 Å². The largest absolute Gasteiger partial charge is 0.464 e. The lowest BCUT2D eigenvalue weighted by atomic mass is 10.2. The number of ether oxygens (including phenoxy) is 1. The van der Waals surface area contributed by atoms with Gasteiger partial charge in [-0.2, -0.15) is 0 Å². The molecule has 3 aromatic heterocycles. The fourth-order valence-electron chi connectivity index (χ4n) is 3.00. The minimum absolute atomic E-state index is 0.0814. The van der Waals surface area contributed by atoms with E-state index in [0.717, 1.165) is 35.1 Å². The highest BCUT2D eigenvalue weighted by Crippen LogP contribution is 2.27. The predicted octanol–water partition coefficient (Wildman–Crippen LogP) is 3.33. The summed E-state index contributed by atoms with van der Waals surface area (Å²) in [4.78, 5) is 15.6. The molecular weight excluding hydrogens is 316 g/mol. The van der Waals surface area contributed by atoms with Gasteiger partial charge in [0.15, 0.2) is 5.82 Å². The van der Waals surface area contributed by atoms with Gasteiger partial charge in [-0.05, 0) is 38.1 Å². The molecule has 0 aliphatic carbocycles. The summed E-state index contributed by atoms with van der Waals surface area (Å²) in [6.07, 6.45) is 3.43. The molecule has 1 fully saturated rings. The highest BCUT2D eigenvalue weighted by atomic mass is 16.5. The van der Waals surface area contributed by atoms with E-state index in [9.17, 15) is 0 Å². The summed E-state index contributed by atoms with van der Waals surface area (Å²) in [5.41, 5.74) is 1.90. The van der Waals surface area contributed by atoms with Gasteiger partial charge in [-0.3, -0.25) is 4.98 Å². The van der Waals surface area contributed by atoms with Crippen LogP contribution in [-0.4, -0.2) is 34.6 Å². The van der Waals surface area contributed by atoms with Gasteiger partial charge in [-0.1, -0.05) is 0 Å². The lowest BCUT2D eigenvalue weighted by Crippen LogP contribution is -2.38. The smallest absolute Gasteiger partial charge is 0.161 e. The molecule has 3 aromatic rings. The van der Waals surface area contributed by atoms with Gasteiger partial charge in [0.2, 0.25) is 0 Å². The van der Waals surface area contributed by atoms with Crippen LogP contribution in [0.3, 0.4) is 0 Å². The van der Waals surface area contributed by atoms with Crippen molar-refractivity contribution in [1.82, 2.24) is 15.0 Å². The molecule has 25 heavy (non-hydrogen) atoms. The molecule has 6 heteroatoms. The van der Waals surface area contributed by atoms with Gasteiger partial charge >= 0.3 is 0 Å². The molecule has 1 aliphatic rings. The molecule has 0 bridgehead atoms. The lowest BCUT2D eigenvalue weighted by molar-refractivity contribution is 0.0250. The van der Waals surface area contributed by atoms with Gasteiger partial charge < -0.3 is 14.1 Å². The van der Waals surface area contributed by atoms with E-state index in [4.69, 9.17) is 14.1 Å². The molecule has 0 amide bonds. The third-order valence-electron chi connectivity index (χ3n) is 4.25. The summed E-state index contributed by atoms with van der Waals surface area (Å²) in [5, 5.41) is 0. The number of anilines is 1. The Kier molecular flexibility index (Phi) is 4.19. The number of furan rings is 1. The predicted molar refractivity (Wildman–Crippen MR) is 94.4 cm³/mol. The zero-order valence-corrected chi connectivity index (χ0v) is 14.3. The van der Waals surface area contributed by atoms with E-state index < -0.39 is 0 Å². The zero-order valence-electron chi connectivity index (χ0n) is 14.3. The third kappa shape index (κ3) is 3.39. The summed E-state index contributed by atoms with van der Waals surface area (Å²) in [6, 6.07) is 9.81. The van der Waals surface area contributed by atoms with Crippen LogP contribution in [0.2, 0.25) is 0 Å². The Morgan fingerprint density at radius 1 is 1.08 bits per heavy atom. The Labute approximate surface area is 146 Å². The van der Waals surface area contributed by atoms with Gasteiger partial charge in [-0.15, -0.1) is 0 Å². The van der Waals surface area contributed by atoms with Gasteiger partial charge in [0, 0.05) is 36.3 Å². The molecule has 128 valence electrons. The van der Waals surface area contributed by atoms with Crippen LogP contribution in [0.1, 0.15) is 23.3 Å². The zero-order chi connectivity index (χ0) is 17.2. The number of aryl methyl sites for hydroxylation is 2. The van der Waals surface area contributed by atoms with Gasteiger partial charge in [0.25, 0.3) is 0 Å². The van der Waals surface area contributed by atoms with E-state index in [1.807, 2.05) is 44.2 Å². The van der Waals surface area contributed by atoms with Gasteiger partial charge in [0.05, 0.1) is 13.2 Å². The van der Waals surface area contributed by atoms with Crippen molar-refractivity contribution in [2.24, 2.45) is 0 Å². The molecule has 0 spiro atoms. The molecule has 1 aliphatic heterocycles. The van der Waals surface area contributed by atoms with Gasteiger partial charge in [0.1, 0.15) is 23.4 Å². The van der Waals surface area contributed by atoms with Gasteiger partial charge in [-0.25, -0.2) is 9.97 Å². The van der Waals surface area contributed by atoms with Crippen LogP contribution in [0.15, 0.2) is 47.1 Å². The number of nitrogens with zero attached hydrogens (tertiary/aromatic N) is 4. The minimum Gasteiger partial charge on any atom is -0.464 e. The summed E-state index contributed by atoms with van der Waals surface area (Å²) < 4.78 is 11.6. The Hall–Kier alpha value is -2.73. The SMILES string of the molecule is Cc1cc(N2CCO[C@H](c3ccc(C)o3)C2)nc(-c2ccncc2)n1. The van der Waals surface area contributed by atoms with Crippen molar-refractivity contribution in [2.75, 3.05) is 24.6 Å². The Bertz CT molecular complexity index is 863. The Balaban J connectivity index is 1.61. The first kappa shape index (κ1) is 15.8. The Morgan fingerprint density at radius 2 is 1.92 bits per heavy atom. The van der Waals surface area contributed by atoms with Crippen LogP contribution >= 0.6 is 0 Å². The van der Waals surface area contributed by atoms with E-state index in [-0.39, 0.29) is 6.10 Å². The fourth-order valence-corrected chi connectivity index (χ4v) is 3.00. The number of hydrogen-bond donors (Lipinski definition) is 0. The number of rotatable bonds is 3. The van der Waals surface area contributed by atoms with Crippen molar-refractivity contribution in [1.29, 1.82) is 0 Å². The van der Waals surface area contributed by atoms with E-state index in [2.05, 4.69) is 14.9 Å². The molecule has 4 heterocycles. The van der Waals surface area contributed by atoms with Crippen LogP contribution in [0.5, 0.6) is 0 Å². The second kappa shape index (κ2) is 6.64. The fraction of sp³-hybridized carbons (Fsp3) is 0.316. The molecular formula is C19H20N4O2. The highest BCUT2D eigenvalue weighted by Gasteiger charge is 2.25. The molecule has 0 radical (unpaired) electrons. The number of hydrogen-bond acceptors (Lipinski definition) is 6. The van der Waals surface area contributed by atoms with Crippen molar-refractivity contribution in [3.8, 4) is 11.4 Å². The normalized spacial score (nSPS) is 17.7. The van der Waals surface area contributed by atoms with E-state index in [1.165, 1.54) is 0 Å². The molecule has 0 aromatic carbocycles. The molecule has 4 rings (SSSR count). The number of pyridine rings is 1. The monoisotopic (exact) mass is 336 g/mol. The van der Waals surface area contributed by atoms with Crippen molar-refractivity contribution in [2.45, 2.75) is 20.0 Å². The van der Waals surface area contributed by atoms with Crippen molar-refractivity contribution >= 4 is 5.82 Å². The second-order valence-electron chi connectivity index (χ2n) is 6.18. The van der Waals surface area contributed by atoms with E-state index >= 15 is 0 Å². The molecule has 6 nitrogen and oxygen atoms in total. The summed E-state index contributed by atoms with van der Waals surface area (Å²) >= 11 is 0. The van der Waals surface area contributed by atoms with Crippen LogP contribution in [0, 0.1) is 13.8 Å². The number of aromatic nitrogens is 3. The van der Waals surface area contributed by atoms with Crippen LogP contribution in [0.4, 0.5) is 5.82 Å². The third-order valence-corrected chi connectivity index (χ3v) is 4.25. The second-order valence-corrected chi connectivity index (χ2v) is 6.18. The van der Waals surface area contributed by atoms with Crippen molar-refractivity contribution in [3.05, 3.63) is 59.9 Å². The molecule has 0 saturated carbocycles. The molecule has 0 unspecified atom stereocenters. The highest BCUT2D eigenvalue weighted by molar-refractivity contribution is 5.57. The van der Waals surface area contributed by atoms with Crippen molar-refractivity contribution < 1.29 is 9.15 Å². The lowest BCUT2D eigenvalue weighted by Gasteiger charge is -2.33. The first-order valence-electron chi connectivity index (χ1n) is 8.38. The minimum atomic E-state index is -0.0814. The van der Waals surface area contributed by atoms with E-state index in [0.29, 0.717) is 19.0 Å². The average molecular weight is 336 g/mol. The summed E-state index contributed by atoms with van der Waals surface area (Å²) in [6.45, 7) is 6.07. The molecule has 1 atom stereocenters. The first-order valence-corrected chi connectivity index (χ1v) is 8.38. The van der Waals surface area contributed by atoms with Crippen LogP contribution in [0.25, 0.3) is 11.4 Å². The maximum Gasteiger partial charge on any atom is 0.161 e. The standard InChI is InChI=1S/C19H20N4O2/c1-13-11-18(22-19(21-13)15-5-7-20-8-6-15)23-9-10-24-17(12-23)16-4-3-14(2)25-16/h3-8,11,17H,9-10,12H2,1-2H3/t17-/m0/s1. The maximum atomic E-state index is 5.89. The van der Waals surface area contributed by atoms with Crippen LogP contribution in [-0.2, 0) is 4.74 Å². The Morgan fingerprint density at radius 3 is 2.68 bits per heavy atom. The number of morpholine rings is 1. The topological polar surface area (TPSA) is 64.3 Å². The van der Waals surface area contributed by atoms with E-state index in [1.54, 1.807) is 12.4 Å². The van der Waals surface area contributed by atoms with Crippen LogP contribution < -0.4 is 4.90 Å². The molecule has 0 N–H and O–H groups in total. The summed E-state index contributed by atoms with van der Waals surface area (Å²) in [7, 11) is 0. The maximum absolute atomic E-state index is 5.89. The average Bonchev–Trinajstić information content (AvgIpc) is 3.08. The molecule has 1 saturated heterocycles. The first-order chi connectivity index (χ1) is 12.2. The quantitative estimate of drug-likeness (QED) is 0.731.